The molecule has 1 saturated carbocycles. The Morgan fingerprint density at radius 3 is 2.71 bits per heavy atom. The average molecular weight is 289 g/mol. The molecule has 1 aliphatic carbocycles. The van der Waals surface area contributed by atoms with E-state index in [2.05, 4.69) is 25.2 Å². The Balaban J connectivity index is 1.95. The molecule has 1 aliphatic rings. The second kappa shape index (κ2) is 7.08. The van der Waals surface area contributed by atoms with Crippen molar-refractivity contribution >= 4 is 5.97 Å². The summed E-state index contributed by atoms with van der Waals surface area (Å²) >= 11 is 0. The van der Waals surface area contributed by atoms with Crippen molar-refractivity contribution in [3.05, 3.63) is 35.4 Å². The zero-order valence-corrected chi connectivity index (χ0v) is 13.4. The fourth-order valence-electron chi connectivity index (χ4n) is 3.26. The molecule has 0 aliphatic heterocycles. The Labute approximate surface area is 128 Å². The van der Waals surface area contributed by atoms with Gasteiger partial charge in [-0.15, -0.1) is 0 Å². The monoisotopic (exact) mass is 289 g/mol. The molecular weight excluding hydrogens is 262 g/mol. The second-order valence-corrected chi connectivity index (χ2v) is 6.86. The van der Waals surface area contributed by atoms with E-state index >= 15 is 0 Å². The summed E-state index contributed by atoms with van der Waals surface area (Å²) in [4.78, 5) is 11.5. The first-order valence-corrected chi connectivity index (χ1v) is 7.87. The van der Waals surface area contributed by atoms with Crippen LogP contribution in [-0.2, 0) is 22.5 Å². The van der Waals surface area contributed by atoms with Crippen molar-refractivity contribution in [1.82, 2.24) is 5.32 Å². The molecule has 3 heteroatoms. The van der Waals surface area contributed by atoms with Crippen LogP contribution < -0.4 is 5.32 Å². The lowest BCUT2D eigenvalue weighted by molar-refractivity contribution is -0.139. The number of hydrogen-bond donors (Lipinski definition) is 1. The van der Waals surface area contributed by atoms with Crippen LogP contribution in [0.4, 0.5) is 0 Å². The first-order valence-electron chi connectivity index (χ1n) is 7.87. The van der Waals surface area contributed by atoms with Gasteiger partial charge in [-0.05, 0) is 35.8 Å². The van der Waals surface area contributed by atoms with Crippen molar-refractivity contribution in [2.24, 2.45) is 5.41 Å². The molecule has 0 amide bonds. The first kappa shape index (κ1) is 16.0. The highest BCUT2D eigenvalue weighted by Crippen LogP contribution is 2.35. The predicted octanol–water partition coefficient (Wildman–Crippen LogP) is 3.46. The first-order chi connectivity index (χ1) is 10.00. The van der Waals surface area contributed by atoms with Crippen LogP contribution >= 0.6 is 0 Å². The smallest absolute Gasteiger partial charge is 0.309 e. The molecule has 0 heterocycles. The van der Waals surface area contributed by atoms with E-state index in [1.807, 2.05) is 18.2 Å². The molecule has 1 N–H and O–H groups in total. The van der Waals surface area contributed by atoms with Crippen molar-refractivity contribution in [1.29, 1.82) is 0 Å². The van der Waals surface area contributed by atoms with Crippen LogP contribution in [0.1, 0.15) is 50.7 Å². The SMILES string of the molecule is COC(=O)Cc1ccccc1CNC1CCCC(C)(C)C1. The molecule has 0 aromatic heterocycles. The molecule has 116 valence electrons. The van der Waals surface area contributed by atoms with Crippen LogP contribution in [0.5, 0.6) is 0 Å². The molecule has 1 aromatic carbocycles. The minimum Gasteiger partial charge on any atom is -0.469 e. The van der Waals surface area contributed by atoms with Crippen molar-refractivity contribution in [3.63, 3.8) is 0 Å². The maximum atomic E-state index is 11.5. The third-order valence-electron chi connectivity index (χ3n) is 4.47. The lowest BCUT2D eigenvalue weighted by atomic mass is 9.75. The van der Waals surface area contributed by atoms with E-state index in [1.165, 1.54) is 38.4 Å². The van der Waals surface area contributed by atoms with Crippen LogP contribution in [0.2, 0.25) is 0 Å². The molecule has 21 heavy (non-hydrogen) atoms. The molecule has 3 nitrogen and oxygen atoms in total. The largest absolute Gasteiger partial charge is 0.469 e. The van der Waals surface area contributed by atoms with E-state index in [0.29, 0.717) is 17.9 Å². The summed E-state index contributed by atoms with van der Waals surface area (Å²) in [5.41, 5.74) is 2.71. The standard InChI is InChI=1S/C18H27NO2/c1-18(2)10-6-9-16(12-18)19-13-15-8-5-4-7-14(15)11-17(20)21-3/h4-5,7-8,16,19H,6,9-13H2,1-3H3. The number of nitrogens with one attached hydrogen (secondary N) is 1. The summed E-state index contributed by atoms with van der Waals surface area (Å²) in [6.45, 7) is 5.53. The number of ether oxygens (including phenoxy) is 1. The number of esters is 1. The highest BCUT2D eigenvalue weighted by Gasteiger charge is 2.27. The number of carbonyl (C=O) groups is 1. The number of methoxy groups -OCH3 is 1. The van der Waals surface area contributed by atoms with Crippen LogP contribution in [0.3, 0.4) is 0 Å². The van der Waals surface area contributed by atoms with Gasteiger partial charge in [0.25, 0.3) is 0 Å². The highest BCUT2D eigenvalue weighted by molar-refractivity contribution is 5.72. The van der Waals surface area contributed by atoms with Gasteiger partial charge in [-0.3, -0.25) is 4.79 Å². The average Bonchev–Trinajstić information content (AvgIpc) is 2.45. The molecule has 0 bridgehead atoms. The number of carbonyl (C=O) groups excluding carboxylic acids is 1. The van der Waals surface area contributed by atoms with E-state index < -0.39 is 0 Å². The molecule has 0 saturated heterocycles. The number of benzene rings is 1. The Kier molecular flexibility index (Phi) is 5.40. The lowest BCUT2D eigenvalue weighted by Gasteiger charge is -2.35. The normalized spacial score (nSPS) is 21.0. The summed E-state index contributed by atoms with van der Waals surface area (Å²) in [5, 5.41) is 3.67. The predicted molar refractivity (Wildman–Crippen MR) is 85.0 cm³/mol. The van der Waals surface area contributed by atoms with Gasteiger partial charge in [-0.2, -0.15) is 0 Å². The van der Waals surface area contributed by atoms with E-state index in [4.69, 9.17) is 4.74 Å². The van der Waals surface area contributed by atoms with Gasteiger partial charge >= 0.3 is 5.97 Å². The minimum atomic E-state index is -0.179. The van der Waals surface area contributed by atoms with Crippen LogP contribution in [0, 0.1) is 5.41 Å². The molecule has 1 fully saturated rings. The molecular formula is C18H27NO2. The van der Waals surface area contributed by atoms with E-state index in [-0.39, 0.29) is 5.97 Å². The Hall–Kier alpha value is -1.35. The number of rotatable bonds is 5. The second-order valence-electron chi connectivity index (χ2n) is 6.86. The third kappa shape index (κ3) is 4.85. The zero-order valence-electron chi connectivity index (χ0n) is 13.4. The zero-order chi connectivity index (χ0) is 15.3. The van der Waals surface area contributed by atoms with Crippen molar-refractivity contribution in [2.75, 3.05) is 7.11 Å². The summed E-state index contributed by atoms with van der Waals surface area (Å²) < 4.78 is 4.77. The van der Waals surface area contributed by atoms with E-state index in [9.17, 15) is 4.79 Å². The fraction of sp³-hybridized carbons (Fsp3) is 0.611. The molecule has 2 rings (SSSR count). The van der Waals surface area contributed by atoms with Gasteiger partial charge in [0, 0.05) is 12.6 Å². The van der Waals surface area contributed by atoms with Crippen LogP contribution in [-0.4, -0.2) is 19.1 Å². The van der Waals surface area contributed by atoms with Gasteiger partial charge in [0.05, 0.1) is 13.5 Å². The van der Waals surface area contributed by atoms with Gasteiger partial charge < -0.3 is 10.1 Å². The third-order valence-corrected chi connectivity index (χ3v) is 4.47. The van der Waals surface area contributed by atoms with E-state index in [1.54, 1.807) is 0 Å². The van der Waals surface area contributed by atoms with Gasteiger partial charge in [0.1, 0.15) is 0 Å². The Morgan fingerprint density at radius 2 is 2.05 bits per heavy atom. The van der Waals surface area contributed by atoms with Crippen LogP contribution in [0.25, 0.3) is 0 Å². The highest BCUT2D eigenvalue weighted by atomic mass is 16.5. The fourth-order valence-corrected chi connectivity index (χ4v) is 3.26. The topological polar surface area (TPSA) is 38.3 Å². The lowest BCUT2D eigenvalue weighted by Crippen LogP contribution is -2.37. The molecule has 1 atom stereocenters. The molecule has 1 aromatic rings. The van der Waals surface area contributed by atoms with Crippen molar-refractivity contribution < 1.29 is 9.53 Å². The van der Waals surface area contributed by atoms with Crippen molar-refractivity contribution in [2.45, 2.75) is 58.5 Å². The number of hydrogen-bond acceptors (Lipinski definition) is 3. The maximum absolute atomic E-state index is 11.5. The summed E-state index contributed by atoms with van der Waals surface area (Å²) in [6, 6.07) is 8.70. The van der Waals surface area contributed by atoms with Crippen molar-refractivity contribution in [3.8, 4) is 0 Å². The quantitative estimate of drug-likeness (QED) is 0.844. The summed E-state index contributed by atoms with van der Waals surface area (Å²) in [7, 11) is 1.44. The van der Waals surface area contributed by atoms with Crippen LogP contribution in [0.15, 0.2) is 24.3 Å². The summed E-state index contributed by atoms with van der Waals surface area (Å²) in [6.07, 6.45) is 5.46. The Bertz CT molecular complexity index is 482. The van der Waals surface area contributed by atoms with Gasteiger partial charge in [-0.25, -0.2) is 0 Å². The molecule has 1 unspecified atom stereocenters. The maximum Gasteiger partial charge on any atom is 0.309 e. The van der Waals surface area contributed by atoms with E-state index in [0.717, 1.165) is 12.1 Å². The minimum absolute atomic E-state index is 0.179. The van der Waals surface area contributed by atoms with Gasteiger partial charge in [-0.1, -0.05) is 44.5 Å². The molecule has 0 spiro atoms. The van der Waals surface area contributed by atoms with Gasteiger partial charge in [0.15, 0.2) is 0 Å². The molecule has 0 radical (unpaired) electrons. The van der Waals surface area contributed by atoms with Gasteiger partial charge in [0.2, 0.25) is 0 Å². The Morgan fingerprint density at radius 1 is 1.33 bits per heavy atom. The summed E-state index contributed by atoms with van der Waals surface area (Å²) in [5.74, 6) is -0.179.